The highest BCUT2D eigenvalue weighted by molar-refractivity contribution is 5.76. The minimum atomic E-state index is -2.56. The summed E-state index contributed by atoms with van der Waals surface area (Å²) in [5, 5.41) is 8.70. The molecule has 0 bridgehead atoms. The molecule has 0 aliphatic carbocycles. The number of halogens is 2. The third kappa shape index (κ3) is 8.04. The van der Waals surface area contributed by atoms with Gasteiger partial charge in [0.05, 0.1) is 13.2 Å². The highest BCUT2D eigenvalue weighted by atomic mass is 19.3. The molecule has 0 rings (SSSR count). The largest absolute Gasteiger partial charge is 0.395 e. The fraction of sp³-hybridized carbons (Fsp3) is 0.909. The lowest BCUT2D eigenvalue weighted by Crippen LogP contribution is -2.37. The SMILES string of the molecule is CC(CCN)CCC(=O)N(CCO)CC(F)F. The van der Waals surface area contributed by atoms with Crippen LogP contribution >= 0.6 is 0 Å². The number of amides is 1. The first-order valence-corrected chi connectivity index (χ1v) is 5.88. The van der Waals surface area contributed by atoms with Crippen LogP contribution in [0.15, 0.2) is 0 Å². The summed E-state index contributed by atoms with van der Waals surface area (Å²) >= 11 is 0. The molecule has 4 nitrogen and oxygen atoms in total. The van der Waals surface area contributed by atoms with Crippen LogP contribution in [0.3, 0.4) is 0 Å². The minimum Gasteiger partial charge on any atom is -0.395 e. The van der Waals surface area contributed by atoms with Gasteiger partial charge in [-0.3, -0.25) is 4.79 Å². The Morgan fingerprint density at radius 1 is 1.41 bits per heavy atom. The van der Waals surface area contributed by atoms with Crippen molar-refractivity contribution in [3.8, 4) is 0 Å². The van der Waals surface area contributed by atoms with Gasteiger partial charge in [0.15, 0.2) is 0 Å². The molecule has 0 aromatic heterocycles. The quantitative estimate of drug-likeness (QED) is 0.639. The van der Waals surface area contributed by atoms with E-state index in [1.165, 1.54) is 0 Å². The Morgan fingerprint density at radius 2 is 2.06 bits per heavy atom. The van der Waals surface area contributed by atoms with Crippen LogP contribution in [0, 0.1) is 5.92 Å². The van der Waals surface area contributed by atoms with E-state index < -0.39 is 13.0 Å². The molecule has 0 fully saturated rings. The molecule has 0 saturated carbocycles. The standard InChI is InChI=1S/C11H22F2N2O2/c1-9(4-5-14)2-3-11(17)15(6-7-16)8-10(12)13/h9-10,16H,2-8,14H2,1H3. The maximum Gasteiger partial charge on any atom is 0.255 e. The Hall–Kier alpha value is -0.750. The summed E-state index contributed by atoms with van der Waals surface area (Å²) in [4.78, 5) is 12.6. The maximum atomic E-state index is 12.2. The molecule has 3 N–H and O–H groups in total. The first kappa shape index (κ1) is 16.2. The van der Waals surface area contributed by atoms with E-state index in [9.17, 15) is 13.6 Å². The van der Waals surface area contributed by atoms with Crippen molar-refractivity contribution >= 4 is 5.91 Å². The van der Waals surface area contributed by atoms with Crippen molar-refractivity contribution in [3.05, 3.63) is 0 Å². The van der Waals surface area contributed by atoms with E-state index in [2.05, 4.69) is 0 Å². The van der Waals surface area contributed by atoms with Gasteiger partial charge < -0.3 is 15.7 Å². The van der Waals surface area contributed by atoms with Gasteiger partial charge in [-0.15, -0.1) is 0 Å². The first-order valence-electron chi connectivity index (χ1n) is 5.88. The number of aliphatic hydroxyl groups excluding tert-OH is 1. The number of alkyl halides is 2. The predicted octanol–water partition coefficient (Wildman–Crippen LogP) is 0.837. The second-order valence-electron chi connectivity index (χ2n) is 4.18. The molecule has 1 amide bonds. The normalized spacial score (nSPS) is 12.8. The lowest BCUT2D eigenvalue weighted by Gasteiger charge is -2.22. The Morgan fingerprint density at radius 3 is 2.53 bits per heavy atom. The van der Waals surface area contributed by atoms with Crippen molar-refractivity contribution in [2.45, 2.75) is 32.6 Å². The van der Waals surface area contributed by atoms with Gasteiger partial charge in [-0.1, -0.05) is 6.92 Å². The number of nitrogens with two attached hydrogens (primary N) is 1. The summed E-state index contributed by atoms with van der Waals surface area (Å²) in [6.07, 6.45) is -0.871. The van der Waals surface area contributed by atoms with Gasteiger partial charge in [-0.25, -0.2) is 8.78 Å². The van der Waals surface area contributed by atoms with Crippen LogP contribution in [-0.4, -0.2) is 48.6 Å². The van der Waals surface area contributed by atoms with Crippen LogP contribution in [0.5, 0.6) is 0 Å². The van der Waals surface area contributed by atoms with Crippen LogP contribution in [0.25, 0.3) is 0 Å². The molecule has 0 radical (unpaired) electrons. The zero-order valence-corrected chi connectivity index (χ0v) is 10.2. The number of carbonyl (C=O) groups excluding carboxylic acids is 1. The molecule has 6 heteroatoms. The highest BCUT2D eigenvalue weighted by Crippen LogP contribution is 2.11. The second kappa shape index (κ2) is 9.30. The Bertz CT molecular complexity index is 216. The third-order valence-electron chi connectivity index (χ3n) is 2.59. The summed E-state index contributed by atoms with van der Waals surface area (Å²) < 4.78 is 24.4. The van der Waals surface area contributed by atoms with Crippen LogP contribution in [-0.2, 0) is 4.79 Å². The van der Waals surface area contributed by atoms with Crippen molar-refractivity contribution in [2.24, 2.45) is 11.7 Å². The zero-order chi connectivity index (χ0) is 13.3. The summed E-state index contributed by atoms with van der Waals surface area (Å²) in [7, 11) is 0. The minimum absolute atomic E-state index is 0.0333. The zero-order valence-electron chi connectivity index (χ0n) is 10.2. The lowest BCUT2D eigenvalue weighted by molar-refractivity contribution is -0.134. The first-order chi connectivity index (χ1) is 8.01. The molecule has 1 unspecified atom stereocenters. The topological polar surface area (TPSA) is 66.6 Å². The average Bonchev–Trinajstić information content (AvgIpc) is 2.25. The van der Waals surface area contributed by atoms with E-state index in [0.717, 1.165) is 11.3 Å². The van der Waals surface area contributed by atoms with E-state index in [-0.39, 0.29) is 25.5 Å². The van der Waals surface area contributed by atoms with Gasteiger partial charge >= 0.3 is 0 Å². The van der Waals surface area contributed by atoms with E-state index >= 15 is 0 Å². The Kier molecular flexibility index (Phi) is 8.89. The molecule has 0 aromatic rings. The summed E-state index contributed by atoms with van der Waals surface area (Å²) in [6.45, 7) is 1.60. The molecule has 1 atom stereocenters. The molecular weight excluding hydrogens is 230 g/mol. The van der Waals surface area contributed by atoms with E-state index in [1.54, 1.807) is 0 Å². The van der Waals surface area contributed by atoms with Crippen LogP contribution in [0.4, 0.5) is 8.78 Å². The molecule has 0 aliphatic heterocycles. The van der Waals surface area contributed by atoms with Gasteiger partial charge in [0.2, 0.25) is 5.91 Å². The number of nitrogens with zero attached hydrogens (tertiary/aromatic N) is 1. The number of hydrogen-bond acceptors (Lipinski definition) is 3. The van der Waals surface area contributed by atoms with Gasteiger partial charge in [0, 0.05) is 13.0 Å². The number of aliphatic hydroxyl groups is 1. The van der Waals surface area contributed by atoms with Gasteiger partial charge in [-0.2, -0.15) is 0 Å². The summed E-state index contributed by atoms with van der Waals surface area (Å²) in [6, 6.07) is 0. The maximum absolute atomic E-state index is 12.2. The Balaban J connectivity index is 4.04. The smallest absolute Gasteiger partial charge is 0.255 e. The van der Waals surface area contributed by atoms with E-state index in [0.29, 0.717) is 18.9 Å². The van der Waals surface area contributed by atoms with Gasteiger partial charge in [0.1, 0.15) is 0 Å². The monoisotopic (exact) mass is 252 g/mol. The molecule has 0 aromatic carbocycles. The highest BCUT2D eigenvalue weighted by Gasteiger charge is 2.18. The van der Waals surface area contributed by atoms with Crippen molar-refractivity contribution in [2.75, 3.05) is 26.2 Å². The van der Waals surface area contributed by atoms with Crippen LogP contribution in [0.1, 0.15) is 26.2 Å². The fourth-order valence-corrected chi connectivity index (χ4v) is 1.56. The molecule has 102 valence electrons. The number of carbonyl (C=O) groups is 1. The van der Waals surface area contributed by atoms with Gasteiger partial charge in [-0.05, 0) is 25.3 Å². The van der Waals surface area contributed by atoms with E-state index in [4.69, 9.17) is 10.8 Å². The molecule has 17 heavy (non-hydrogen) atoms. The molecule has 0 spiro atoms. The second-order valence-corrected chi connectivity index (χ2v) is 4.18. The lowest BCUT2D eigenvalue weighted by atomic mass is 10.0. The number of rotatable bonds is 9. The molecule has 0 heterocycles. The van der Waals surface area contributed by atoms with Crippen molar-refractivity contribution in [3.63, 3.8) is 0 Å². The van der Waals surface area contributed by atoms with Crippen molar-refractivity contribution in [1.29, 1.82) is 0 Å². The summed E-state index contributed by atoms with van der Waals surface area (Å²) in [5.74, 6) is -0.0188. The predicted molar refractivity (Wildman–Crippen MR) is 61.7 cm³/mol. The Labute approximate surface area is 101 Å². The fourth-order valence-electron chi connectivity index (χ4n) is 1.56. The third-order valence-corrected chi connectivity index (χ3v) is 2.59. The molecular formula is C11H22F2N2O2. The van der Waals surface area contributed by atoms with Crippen LogP contribution < -0.4 is 5.73 Å². The van der Waals surface area contributed by atoms with Crippen molar-refractivity contribution < 1.29 is 18.7 Å². The number of hydrogen-bond donors (Lipinski definition) is 2. The molecule has 0 aliphatic rings. The average molecular weight is 252 g/mol. The molecule has 0 saturated heterocycles. The van der Waals surface area contributed by atoms with Crippen LogP contribution in [0.2, 0.25) is 0 Å². The van der Waals surface area contributed by atoms with E-state index in [1.807, 2.05) is 6.92 Å². The van der Waals surface area contributed by atoms with Gasteiger partial charge in [0.25, 0.3) is 6.43 Å². The summed E-state index contributed by atoms with van der Waals surface area (Å²) in [5.41, 5.74) is 5.38. The van der Waals surface area contributed by atoms with Crippen molar-refractivity contribution in [1.82, 2.24) is 4.90 Å².